The summed E-state index contributed by atoms with van der Waals surface area (Å²) in [5, 5.41) is 108. The largest absolute Gasteiger partial charge is 0.397 e. The van der Waals surface area contributed by atoms with Gasteiger partial charge in [-0.2, -0.15) is 8.42 Å². The van der Waals surface area contributed by atoms with E-state index >= 15 is 0 Å². The molecule has 4 amide bonds. The summed E-state index contributed by atoms with van der Waals surface area (Å²) < 4.78 is 77.8. The third kappa shape index (κ3) is 19.2. The minimum Gasteiger partial charge on any atom is -0.394 e. The highest BCUT2D eigenvalue weighted by Crippen LogP contribution is 2.35. The number of allylic oxidation sites excluding steroid dienone is 3. The predicted molar refractivity (Wildman–Crippen MR) is 255 cm³/mol. The Hall–Kier alpha value is -3.41. The van der Waals surface area contributed by atoms with E-state index in [1.54, 1.807) is 6.08 Å². The van der Waals surface area contributed by atoms with E-state index in [0.717, 1.165) is 52.9 Å². The van der Waals surface area contributed by atoms with Crippen molar-refractivity contribution in [1.29, 1.82) is 0 Å². The van der Waals surface area contributed by atoms with E-state index in [1.807, 2.05) is 0 Å². The zero-order valence-corrected chi connectivity index (χ0v) is 43.2. The Labute approximate surface area is 434 Å². The molecule has 0 saturated carbocycles. The maximum absolute atomic E-state index is 13.2. The lowest BCUT2D eigenvalue weighted by molar-refractivity contribution is -0.361. The van der Waals surface area contributed by atoms with Crippen LogP contribution in [0.4, 0.5) is 0 Å². The second kappa shape index (κ2) is 31.3. The summed E-state index contributed by atoms with van der Waals surface area (Å²) in [6.07, 6.45) is -11.8. The number of amides is 4. The zero-order valence-electron chi connectivity index (χ0n) is 42.4. The Balaban J connectivity index is 1.52. The van der Waals surface area contributed by atoms with Crippen molar-refractivity contribution in [2.45, 2.75) is 214 Å². The fraction of sp³-hybridized carbons (Fsp3) is 0.826. The van der Waals surface area contributed by atoms with Gasteiger partial charge in [-0.1, -0.05) is 50.8 Å². The quantitative estimate of drug-likeness (QED) is 0.0152. The molecular formula is C46H78N4O24S. The number of ether oxygens (including phenoxy) is 7. The van der Waals surface area contributed by atoms with Crippen LogP contribution in [0.15, 0.2) is 24.3 Å². The van der Waals surface area contributed by atoms with E-state index in [1.165, 1.54) is 31.8 Å². The summed E-state index contributed by atoms with van der Waals surface area (Å²) in [6.45, 7) is 1.35. The van der Waals surface area contributed by atoms with Crippen molar-refractivity contribution in [2.24, 2.45) is 0 Å². The van der Waals surface area contributed by atoms with Crippen molar-refractivity contribution in [3.63, 3.8) is 0 Å². The lowest BCUT2D eigenvalue weighted by atomic mass is 9.93. The van der Waals surface area contributed by atoms with Crippen molar-refractivity contribution >= 4 is 34.0 Å². The minimum atomic E-state index is -5.15. The van der Waals surface area contributed by atoms with E-state index in [9.17, 15) is 78.1 Å². The monoisotopic (exact) mass is 1100 g/mol. The number of carbonyl (C=O) groups excluding carboxylic acids is 4. The van der Waals surface area contributed by atoms with Crippen LogP contribution in [0.2, 0.25) is 0 Å². The molecule has 28 nitrogen and oxygen atoms in total. The first kappa shape index (κ1) is 64.1. The van der Waals surface area contributed by atoms with E-state index in [0.29, 0.717) is 6.42 Å². The number of rotatable bonds is 28. The number of aliphatic hydroxyl groups excluding tert-OH is 9. The molecule has 4 fully saturated rings. The van der Waals surface area contributed by atoms with Crippen molar-refractivity contribution in [3.8, 4) is 0 Å². The molecule has 4 aliphatic rings. The molecule has 29 heteroatoms. The van der Waals surface area contributed by atoms with Crippen molar-refractivity contribution < 1.29 is 115 Å². The number of unbranched alkanes of at least 4 members (excludes halogenated alkanes) is 8. The second-order valence-electron chi connectivity index (χ2n) is 18.8. The highest BCUT2D eigenvalue weighted by atomic mass is 32.3. The van der Waals surface area contributed by atoms with Crippen LogP contribution < -0.4 is 21.3 Å². The minimum absolute atomic E-state index is 0.557. The Kier molecular flexibility index (Phi) is 26.7. The smallest absolute Gasteiger partial charge is 0.394 e. The first-order valence-corrected chi connectivity index (χ1v) is 26.5. The predicted octanol–water partition coefficient (Wildman–Crippen LogP) is -4.33. The SMILES string of the molecule is CCCCCC/C=C\CCCCC/C=C/C(=O)N[C@H]1[C@H](O[C@H]2[C@H](O)[C@@H](NC(C)=O)[C@H](O[C@H]3[C@H](O)[C@@H](NC(C)=O)[C@H](O[C@H]4[C@H](O)[C@@H](NC(C)=O)[C@H](O)O[C@@H]4COS(=O)(=O)O)O[C@@H]3CO)O[C@@H]2CO)O[C@H](CO)[C@@H](O)[C@@H]1O. The Morgan fingerprint density at radius 2 is 0.907 bits per heavy atom. The van der Waals surface area contributed by atoms with E-state index in [4.69, 9.17) is 33.2 Å². The molecule has 0 radical (unpaired) electrons. The van der Waals surface area contributed by atoms with Gasteiger partial charge in [-0.25, -0.2) is 4.18 Å². The molecule has 432 valence electrons. The van der Waals surface area contributed by atoms with Gasteiger partial charge in [-0.15, -0.1) is 0 Å². The van der Waals surface area contributed by atoms with Gasteiger partial charge in [0.2, 0.25) is 23.6 Å². The molecule has 14 N–H and O–H groups in total. The summed E-state index contributed by atoms with van der Waals surface area (Å²) >= 11 is 0. The zero-order chi connectivity index (χ0) is 55.6. The summed E-state index contributed by atoms with van der Waals surface area (Å²) in [5.41, 5.74) is 0. The molecule has 0 aromatic rings. The molecule has 4 rings (SSSR count). The lowest BCUT2D eigenvalue weighted by Gasteiger charge is -2.51. The van der Waals surface area contributed by atoms with Gasteiger partial charge in [-0.3, -0.25) is 23.7 Å². The first-order valence-electron chi connectivity index (χ1n) is 25.1. The van der Waals surface area contributed by atoms with E-state index in [-0.39, 0.29) is 0 Å². The average molecular weight is 1100 g/mol. The fourth-order valence-corrected chi connectivity index (χ4v) is 9.41. The third-order valence-electron chi connectivity index (χ3n) is 12.9. The molecule has 0 bridgehead atoms. The van der Waals surface area contributed by atoms with Crippen LogP contribution in [0.25, 0.3) is 0 Å². The molecular weight excluding hydrogens is 1020 g/mol. The van der Waals surface area contributed by atoms with Gasteiger partial charge in [0.25, 0.3) is 0 Å². The highest BCUT2D eigenvalue weighted by molar-refractivity contribution is 7.80. The molecule has 20 atom stereocenters. The van der Waals surface area contributed by atoms with Gasteiger partial charge in [0.15, 0.2) is 25.2 Å². The topological polar surface area (TPSA) is 427 Å². The molecule has 0 aliphatic carbocycles. The van der Waals surface area contributed by atoms with E-state index in [2.05, 4.69) is 44.5 Å². The lowest BCUT2D eigenvalue weighted by Crippen LogP contribution is -2.71. The second-order valence-corrected chi connectivity index (χ2v) is 19.9. The highest BCUT2D eigenvalue weighted by Gasteiger charge is 2.56. The van der Waals surface area contributed by atoms with Crippen molar-refractivity contribution in [2.75, 3.05) is 26.4 Å². The van der Waals surface area contributed by atoms with Gasteiger partial charge >= 0.3 is 10.4 Å². The summed E-state index contributed by atoms with van der Waals surface area (Å²) in [7, 11) is -5.15. The number of nitrogens with one attached hydrogen (secondary N) is 4. The first-order chi connectivity index (χ1) is 35.5. The standard InChI is InChI=1S/C46H78N4O24S/c1-5-6-7-8-9-10-11-12-13-14-15-16-17-18-30(57)50-32-36(59)35(58)26(19-51)69-44(32)72-40-27(20-52)70-45(33(38(40)61)48-24(3)55)73-41-28(21-53)71-46(34(39(41)62)49-25(4)56)74-42-29(22-67-75(64,65)66)68-43(63)31(37(42)60)47-23(2)54/h10-11,17-18,26-29,31-46,51-53,58-63H,5-9,12-16,19-22H2,1-4H3,(H,47,54)(H,48,55)(H,49,56)(H,50,57)(H,64,65,66)/b11-10-,18-17+/t26-,27-,28-,29-,31-,32-,33-,34-,35-,36-,37-,38-,39-,40-,41-,42-,43-,44+,45+,46+/m1/s1. The van der Waals surface area contributed by atoms with Crippen molar-refractivity contribution in [3.05, 3.63) is 24.3 Å². The Morgan fingerprint density at radius 1 is 0.507 bits per heavy atom. The molecule has 0 aromatic heterocycles. The molecule has 75 heavy (non-hydrogen) atoms. The average Bonchev–Trinajstić information content (AvgIpc) is 3.34. The maximum Gasteiger partial charge on any atom is 0.397 e. The fourth-order valence-electron chi connectivity index (χ4n) is 9.10. The number of hydrogen-bond donors (Lipinski definition) is 14. The van der Waals surface area contributed by atoms with Gasteiger partial charge in [0.1, 0.15) is 97.4 Å². The van der Waals surface area contributed by atoms with Crippen LogP contribution in [0.3, 0.4) is 0 Å². The Morgan fingerprint density at radius 3 is 1.35 bits per heavy atom. The number of aliphatic hydroxyl groups is 9. The van der Waals surface area contributed by atoms with Crippen LogP contribution >= 0.6 is 0 Å². The van der Waals surface area contributed by atoms with Crippen molar-refractivity contribution in [1.82, 2.24) is 21.3 Å². The maximum atomic E-state index is 13.2. The third-order valence-corrected chi connectivity index (χ3v) is 13.3. The normalized spacial score (nSPS) is 36.6. The van der Waals surface area contributed by atoms with Gasteiger partial charge in [-0.05, 0) is 44.6 Å². The van der Waals surface area contributed by atoms with Gasteiger partial charge < -0.3 is 100 Å². The van der Waals surface area contributed by atoms with E-state index < -0.39 is 183 Å². The molecule has 4 aliphatic heterocycles. The molecule has 0 spiro atoms. The molecule has 0 aromatic carbocycles. The molecule has 4 heterocycles. The number of hydrogen-bond acceptors (Lipinski definition) is 23. The van der Waals surface area contributed by atoms with Crippen LogP contribution in [0.1, 0.15) is 91.9 Å². The molecule has 0 unspecified atom stereocenters. The van der Waals surface area contributed by atoms with Crippen LogP contribution in [-0.4, -0.2) is 232 Å². The van der Waals surface area contributed by atoms with Crippen LogP contribution in [-0.2, 0) is 66.9 Å². The van der Waals surface area contributed by atoms with Gasteiger partial charge in [0.05, 0.1) is 26.4 Å². The van der Waals surface area contributed by atoms with Gasteiger partial charge in [0, 0.05) is 20.8 Å². The summed E-state index contributed by atoms with van der Waals surface area (Å²) in [6, 6.07) is -6.65. The summed E-state index contributed by atoms with van der Waals surface area (Å²) in [4.78, 5) is 50.4. The van der Waals surface area contributed by atoms with Crippen LogP contribution in [0.5, 0.6) is 0 Å². The summed E-state index contributed by atoms with van der Waals surface area (Å²) in [5.74, 6) is -3.11. The number of carbonyl (C=O) groups is 4. The molecule has 4 saturated heterocycles. The van der Waals surface area contributed by atoms with Crippen LogP contribution in [0, 0.1) is 0 Å². The Bertz CT molecular complexity index is 1960.